The van der Waals surface area contributed by atoms with E-state index in [4.69, 9.17) is 10.5 Å². The first-order valence-corrected chi connectivity index (χ1v) is 7.71. The fourth-order valence-electron chi connectivity index (χ4n) is 2.60. The van der Waals surface area contributed by atoms with Crippen molar-refractivity contribution in [2.24, 2.45) is 0 Å². The van der Waals surface area contributed by atoms with Gasteiger partial charge in [-0.15, -0.1) is 4.37 Å². The molecule has 2 aromatic heterocycles. The predicted octanol–water partition coefficient (Wildman–Crippen LogP) is 3.13. The number of nitrogens with two attached hydrogens (primary N) is 1. The summed E-state index contributed by atoms with van der Waals surface area (Å²) in [6.45, 7) is 0. The van der Waals surface area contributed by atoms with Gasteiger partial charge in [0.2, 0.25) is 5.95 Å². The van der Waals surface area contributed by atoms with Gasteiger partial charge in [0.05, 0.1) is 29.9 Å². The average molecular weight is 323 g/mol. The summed E-state index contributed by atoms with van der Waals surface area (Å²) in [7, 11) is 1.59. The quantitative estimate of drug-likeness (QED) is 0.626. The molecule has 0 spiro atoms. The number of aromatic nitrogens is 4. The molecule has 2 aromatic carbocycles. The average Bonchev–Trinajstić information content (AvgIpc) is 3.18. The molecule has 6 nitrogen and oxygen atoms in total. The maximum atomic E-state index is 6.11. The zero-order valence-corrected chi connectivity index (χ0v) is 13.1. The van der Waals surface area contributed by atoms with Crippen LogP contribution in [0.3, 0.4) is 0 Å². The second kappa shape index (κ2) is 5.36. The summed E-state index contributed by atoms with van der Waals surface area (Å²) in [6.07, 6.45) is 0. The number of fused-ring (bicyclic) bond motifs is 1. The predicted molar refractivity (Wildman–Crippen MR) is 90.9 cm³/mol. The van der Waals surface area contributed by atoms with E-state index in [9.17, 15) is 0 Å². The van der Waals surface area contributed by atoms with Crippen molar-refractivity contribution < 1.29 is 4.74 Å². The van der Waals surface area contributed by atoms with Gasteiger partial charge in [-0.05, 0) is 24.3 Å². The normalized spacial score (nSPS) is 11.0. The van der Waals surface area contributed by atoms with E-state index in [1.807, 2.05) is 53.1 Å². The topological polar surface area (TPSA) is 78.9 Å². The van der Waals surface area contributed by atoms with Crippen molar-refractivity contribution in [1.29, 1.82) is 0 Å². The Morgan fingerprint density at radius 2 is 1.96 bits per heavy atom. The molecule has 23 heavy (non-hydrogen) atoms. The van der Waals surface area contributed by atoms with E-state index in [-0.39, 0.29) is 0 Å². The van der Waals surface area contributed by atoms with E-state index in [2.05, 4.69) is 13.7 Å². The minimum Gasteiger partial charge on any atom is -0.479 e. The molecule has 2 heterocycles. The van der Waals surface area contributed by atoms with Crippen molar-refractivity contribution in [2.45, 2.75) is 0 Å². The number of methoxy groups -OCH3 is 1. The molecule has 0 saturated heterocycles. The highest BCUT2D eigenvalue weighted by Gasteiger charge is 2.14. The summed E-state index contributed by atoms with van der Waals surface area (Å²) in [5.41, 5.74) is 10.5. The number of nitrogens with zero attached hydrogens (tertiary/aromatic N) is 4. The first-order chi connectivity index (χ1) is 11.3. The van der Waals surface area contributed by atoms with Crippen LogP contribution in [0.4, 0.5) is 5.95 Å². The summed E-state index contributed by atoms with van der Waals surface area (Å²) in [5.74, 6) is 0.974. The van der Waals surface area contributed by atoms with Crippen molar-refractivity contribution in [1.82, 2.24) is 18.3 Å². The van der Waals surface area contributed by atoms with Gasteiger partial charge in [-0.25, -0.2) is 4.98 Å². The van der Waals surface area contributed by atoms with Gasteiger partial charge in [-0.3, -0.25) is 4.57 Å². The molecule has 0 bridgehead atoms. The lowest BCUT2D eigenvalue weighted by molar-refractivity contribution is 0.403. The van der Waals surface area contributed by atoms with Gasteiger partial charge >= 0.3 is 0 Å². The first-order valence-electron chi connectivity index (χ1n) is 6.98. The minimum atomic E-state index is 0.451. The van der Waals surface area contributed by atoms with Crippen LogP contribution in [0.15, 0.2) is 48.5 Å². The number of para-hydroxylation sites is 2. The second-order valence-corrected chi connectivity index (χ2v) is 5.50. The molecular weight excluding hydrogens is 310 g/mol. The van der Waals surface area contributed by atoms with Crippen LogP contribution >= 0.6 is 11.7 Å². The Kier molecular flexibility index (Phi) is 3.20. The number of benzene rings is 2. The molecule has 0 unspecified atom stereocenters. The van der Waals surface area contributed by atoms with Crippen LogP contribution in [0.25, 0.3) is 28.0 Å². The third kappa shape index (κ3) is 2.22. The van der Waals surface area contributed by atoms with E-state index in [1.165, 1.54) is 0 Å². The summed E-state index contributed by atoms with van der Waals surface area (Å²) in [6, 6.07) is 15.8. The maximum Gasteiger partial charge on any atom is 0.253 e. The lowest BCUT2D eigenvalue weighted by Crippen LogP contribution is -2.00. The number of imidazole rings is 1. The Labute approximate surface area is 136 Å². The Hall–Kier alpha value is -2.93. The fraction of sp³-hybridized carbons (Fsp3) is 0.0625. The molecule has 0 amide bonds. The molecule has 0 aliphatic heterocycles. The number of hydrogen-bond acceptors (Lipinski definition) is 6. The van der Waals surface area contributed by atoms with E-state index in [0.29, 0.717) is 11.8 Å². The lowest BCUT2D eigenvalue weighted by atomic mass is 10.1. The highest BCUT2D eigenvalue weighted by Crippen LogP contribution is 2.30. The maximum absolute atomic E-state index is 6.11. The van der Waals surface area contributed by atoms with Crippen molar-refractivity contribution in [3.05, 3.63) is 48.5 Å². The highest BCUT2D eigenvalue weighted by atomic mass is 32.1. The molecular formula is C16H13N5OS. The zero-order chi connectivity index (χ0) is 15.8. The smallest absolute Gasteiger partial charge is 0.253 e. The van der Waals surface area contributed by atoms with Gasteiger partial charge in [0, 0.05) is 11.3 Å². The number of hydrogen-bond donors (Lipinski definition) is 1. The molecule has 114 valence electrons. The molecule has 2 N–H and O–H groups in total. The largest absolute Gasteiger partial charge is 0.479 e. The third-order valence-corrected chi connectivity index (χ3v) is 4.13. The number of ether oxygens (including phenoxy) is 1. The van der Waals surface area contributed by atoms with Crippen LogP contribution < -0.4 is 10.5 Å². The van der Waals surface area contributed by atoms with E-state index >= 15 is 0 Å². The van der Waals surface area contributed by atoms with Crippen molar-refractivity contribution in [3.8, 4) is 22.8 Å². The molecule has 0 radical (unpaired) electrons. The Bertz CT molecular complexity index is 991. The van der Waals surface area contributed by atoms with Gasteiger partial charge in [0.25, 0.3) is 5.88 Å². The van der Waals surface area contributed by atoms with E-state index in [0.717, 1.165) is 39.7 Å². The van der Waals surface area contributed by atoms with E-state index < -0.39 is 0 Å². The number of nitrogen functional groups attached to an aromatic ring is 1. The van der Waals surface area contributed by atoms with Crippen LogP contribution in [0, 0.1) is 0 Å². The molecule has 0 saturated carbocycles. The molecule has 0 fully saturated rings. The SMILES string of the molecule is COc1nsnc1-c1cccc(-n2c(N)nc3ccccc32)c1. The van der Waals surface area contributed by atoms with Crippen LogP contribution in [-0.2, 0) is 0 Å². The summed E-state index contributed by atoms with van der Waals surface area (Å²) in [5, 5.41) is 0. The highest BCUT2D eigenvalue weighted by molar-refractivity contribution is 6.99. The Morgan fingerprint density at radius 3 is 2.83 bits per heavy atom. The van der Waals surface area contributed by atoms with Gasteiger partial charge in [-0.2, -0.15) is 4.37 Å². The van der Waals surface area contributed by atoms with E-state index in [1.54, 1.807) is 7.11 Å². The summed E-state index contributed by atoms with van der Waals surface area (Å²) >= 11 is 1.13. The Balaban J connectivity index is 1.90. The number of rotatable bonds is 3. The monoisotopic (exact) mass is 323 g/mol. The van der Waals surface area contributed by atoms with Gasteiger partial charge < -0.3 is 10.5 Å². The standard InChI is InChI=1S/C16H13N5OS/c1-22-15-14(19-23-20-15)10-5-4-6-11(9-10)21-13-8-3-2-7-12(13)18-16(21)17/h2-9H,1H3,(H2,17,18). The van der Waals surface area contributed by atoms with Crippen LogP contribution in [0.2, 0.25) is 0 Å². The molecule has 0 atom stereocenters. The minimum absolute atomic E-state index is 0.451. The molecule has 7 heteroatoms. The summed E-state index contributed by atoms with van der Waals surface area (Å²) < 4.78 is 15.6. The zero-order valence-electron chi connectivity index (χ0n) is 12.3. The molecule has 0 aliphatic carbocycles. The molecule has 4 aromatic rings. The van der Waals surface area contributed by atoms with Crippen molar-refractivity contribution in [2.75, 3.05) is 12.8 Å². The van der Waals surface area contributed by atoms with Crippen LogP contribution in [0.1, 0.15) is 0 Å². The van der Waals surface area contributed by atoms with Gasteiger partial charge in [0.15, 0.2) is 0 Å². The molecule has 4 rings (SSSR count). The molecule has 0 aliphatic rings. The van der Waals surface area contributed by atoms with Gasteiger partial charge in [-0.1, -0.05) is 24.3 Å². The third-order valence-electron chi connectivity index (χ3n) is 3.62. The van der Waals surface area contributed by atoms with Gasteiger partial charge in [0.1, 0.15) is 5.69 Å². The Morgan fingerprint density at radius 1 is 1.09 bits per heavy atom. The fourth-order valence-corrected chi connectivity index (χ4v) is 3.14. The van der Waals surface area contributed by atoms with Crippen molar-refractivity contribution in [3.63, 3.8) is 0 Å². The van der Waals surface area contributed by atoms with Crippen molar-refractivity contribution >= 4 is 28.7 Å². The number of anilines is 1. The second-order valence-electron chi connectivity index (χ2n) is 4.97. The van der Waals surface area contributed by atoms with Crippen LogP contribution in [0.5, 0.6) is 5.88 Å². The lowest BCUT2D eigenvalue weighted by Gasteiger charge is -2.08. The van der Waals surface area contributed by atoms with Crippen LogP contribution in [-0.4, -0.2) is 25.4 Å². The first kappa shape index (κ1) is 13.7. The summed E-state index contributed by atoms with van der Waals surface area (Å²) in [4.78, 5) is 4.41.